The maximum absolute atomic E-state index is 12.8. The molecule has 0 radical (unpaired) electrons. The predicted molar refractivity (Wildman–Crippen MR) is 123 cm³/mol. The van der Waals surface area contributed by atoms with Crippen molar-refractivity contribution in [1.29, 1.82) is 0 Å². The minimum absolute atomic E-state index is 0.193. The van der Waals surface area contributed by atoms with Crippen LogP contribution in [0.3, 0.4) is 0 Å². The highest BCUT2D eigenvalue weighted by atomic mass is 32.2. The van der Waals surface area contributed by atoms with Crippen LogP contribution >= 0.6 is 0 Å². The summed E-state index contributed by atoms with van der Waals surface area (Å²) in [6.45, 7) is 4.02. The zero-order chi connectivity index (χ0) is 24.0. The van der Waals surface area contributed by atoms with Gasteiger partial charge in [-0.25, -0.2) is 8.42 Å². The normalized spacial score (nSPS) is 17.6. The second-order valence-corrected chi connectivity index (χ2v) is 10.4. The molecule has 176 valence electrons. The molecule has 1 aliphatic rings. The maximum Gasteiger partial charge on any atom is 0.501 e. The molecule has 33 heavy (non-hydrogen) atoms. The first-order valence-electron chi connectivity index (χ1n) is 10.4. The monoisotopic (exact) mass is 478 g/mol. The number of rotatable bonds is 5. The van der Waals surface area contributed by atoms with Gasteiger partial charge in [0.25, 0.3) is 9.84 Å². The third kappa shape index (κ3) is 4.37. The molecule has 0 spiro atoms. The highest BCUT2D eigenvalue weighted by Crippen LogP contribution is 2.33. The van der Waals surface area contributed by atoms with E-state index in [2.05, 4.69) is 27.8 Å². The maximum atomic E-state index is 12.8. The van der Waals surface area contributed by atoms with Crippen molar-refractivity contribution in [3.63, 3.8) is 0 Å². The van der Waals surface area contributed by atoms with Crippen molar-refractivity contribution in [3.8, 4) is 0 Å². The van der Waals surface area contributed by atoms with E-state index < -0.39 is 20.2 Å². The summed E-state index contributed by atoms with van der Waals surface area (Å²) in [4.78, 5) is 10.1. The smallest absolute Gasteiger partial charge is 0.377 e. The third-order valence-corrected chi connectivity index (χ3v) is 7.47. The molecule has 1 atom stereocenters. The number of anilines is 2. The summed E-state index contributed by atoms with van der Waals surface area (Å²) in [6.07, 6.45) is 1.80. The first-order valence-corrected chi connectivity index (χ1v) is 11.9. The molecule has 1 aromatic heterocycles. The molecule has 1 unspecified atom stereocenters. The van der Waals surface area contributed by atoms with Crippen molar-refractivity contribution in [2.75, 3.05) is 37.1 Å². The molecule has 2 aromatic carbocycles. The Hall–Kier alpha value is -2.85. The molecule has 0 saturated carbocycles. The van der Waals surface area contributed by atoms with E-state index in [1.54, 1.807) is 6.20 Å². The van der Waals surface area contributed by atoms with Crippen molar-refractivity contribution in [2.45, 2.75) is 29.9 Å². The Morgan fingerprint density at radius 1 is 1.09 bits per heavy atom. The van der Waals surface area contributed by atoms with Gasteiger partial charge in [-0.2, -0.15) is 13.2 Å². The summed E-state index contributed by atoms with van der Waals surface area (Å²) in [7, 11) is -1.36. The number of hydrogen-bond donors (Lipinski definition) is 0. The van der Waals surface area contributed by atoms with Gasteiger partial charge in [0.1, 0.15) is 0 Å². The van der Waals surface area contributed by atoms with Crippen LogP contribution in [0, 0.1) is 0 Å². The van der Waals surface area contributed by atoms with Crippen molar-refractivity contribution in [2.24, 2.45) is 0 Å². The summed E-state index contributed by atoms with van der Waals surface area (Å²) in [6, 6.07) is 13.1. The van der Waals surface area contributed by atoms with E-state index in [1.165, 1.54) is 12.1 Å². The van der Waals surface area contributed by atoms with E-state index >= 15 is 0 Å². The fourth-order valence-electron chi connectivity index (χ4n) is 4.19. The first-order chi connectivity index (χ1) is 15.5. The van der Waals surface area contributed by atoms with Gasteiger partial charge < -0.3 is 9.80 Å². The summed E-state index contributed by atoms with van der Waals surface area (Å²) in [5, 5.41) is 1.09. The molecule has 4 rings (SSSR count). The molecule has 0 aliphatic carbocycles. The number of alkyl halides is 3. The van der Waals surface area contributed by atoms with Crippen molar-refractivity contribution in [1.82, 2.24) is 9.88 Å². The molecule has 1 fully saturated rings. The first kappa shape index (κ1) is 23.3. The van der Waals surface area contributed by atoms with Crippen molar-refractivity contribution < 1.29 is 21.6 Å². The average molecular weight is 479 g/mol. The second kappa shape index (κ2) is 8.49. The van der Waals surface area contributed by atoms with Crippen LogP contribution in [0.2, 0.25) is 0 Å². The topological polar surface area (TPSA) is 56.8 Å². The average Bonchev–Trinajstić information content (AvgIpc) is 3.13. The molecular formula is C23H25F3N4O2S. The number of hydrogen-bond acceptors (Lipinski definition) is 6. The molecule has 2 heterocycles. The lowest BCUT2D eigenvalue weighted by atomic mass is 10.1. The molecule has 1 aliphatic heterocycles. The predicted octanol–water partition coefficient (Wildman–Crippen LogP) is 4.26. The van der Waals surface area contributed by atoms with Crippen LogP contribution < -0.4 is 9.80 Å². The largest absolute Gasteiger partial charge is 0.501 e. The Bertz CT molecular complexity index is 1260. The molecule has 0 N–H and O–H groups in total. The number of nitrogens with zero attached hydrogens (tertiary/aromatic N) is 4. The molecular weight excluding hydrogens is 453 g/mol. The van der Waals surface area contributed by atoms with Gasteiger partial charge in [-0.3, -0.25) is 9.88 Å². The van der Waals surface area contributed by atoms with Gasteiger partial charge in [0.05, 0.1) is 17.1 Å². The van der Waals surface area contributed by atoms with E-state index in [-0.39, 0.29) is 6.04 Å². The van der Waals surface area contributed by atoms with Crippen molar-refractivity contribution >= 4 is 32.1 Å². The minimum atomic E-state index is -5.35. The minimum Gasteiger partial charge on any atom is -0.377 e. The second-order valence-electron chi connectivity index (χ2n) is 8.44. The molecule has 1 saturated heterocycles. The lowest BCUT2D eigenvalue weighted by Gasteiger charge is -2.23. The van der Waals surface area contributed by atoms with Gasteiger partial charge in [0.2, 0.25) is 0 Å². The van der Waals surface area contributed by atoms with Crippen LogP contribution in [-0.2, 0) is 16.4 Å². The lowest BCUT2D eigenvalue weighted by molar-refractivity contribution is -0.0436. The van der Waals surface area contributed by atoms with Crippen LogP contribution in [0.5, 0.6) is 0 Å². The molecule has 3 aromatic rings. The van der Waals surface area contributed by atoms with Crippen LogP contribution in [0.15, 0.2) is 59.6 Å². The molecule has 6 nitrogen and oxygen atoms in total. The Morgan fingerprint density at radius 3 is 2.42 bits per heavy atom. The zero-order valence-corrected chi connectivity index (χ0v) is 19.4. The van der Waals surface area contributed by atoms with Gasteiger partial charge in [-0.15, -0.1) is 0 Å². The van der Waals surface area contributed by atoms with Gasteiger partial charge in [-0.05, 0) is 55.0 Å². The summed E-state index contributed by atoms with van der Waals surface area (Å²) in [5.74, 6) is 0. The SMILES string of the molecule is CC1CN(c2ccc(S(=O)(=O)C(F)(F)F)cc2)CN1Cc1ccnc2cccc(N(C)C)c12. The van der Waals surface area contributed by atoms with E-state index in [0.29, 0.717) is 25.4 Å². The Labute approximate surface area is 191 Å². The van der Waals surface area contributed by atoms with Gasteiger partial charge in [-0.1, -0.05) is 6.07 Å². The van der Waals surface area contributed by atoms with E-state index in [9.17, 15) is 21.6 Å². The van der Waals surface area contributed by atoms with Crippen molar-refractivity contribution in [3.05, 3.63) is 60.3 Å². The summed E-state index contributed by atoms with van der Waals surface area (Å²) < 4.78 is 61.7. The quantitative estimate of drug-likeness (QED) is 0.546. The molecule has 0 amide bonds. The van der Waals surface area contributed by atoms with Crippen LogP contribution in [0.25, 0.3) is 10.9 Å². The standard InChI is InChI=1S/C23H25F3N4O2S/c1-16-13-30(18-7-9-19(10-8-18)33(31,32)23(24,25)26)15-29(16)14-17-11-12-27-20-5-4-6-21(22(17)20)28(2)3/h4-12,16H,13-15H2,1-3H3. The van der Waals surface area contributed by atoms with E-state index in [1.807, 2.05) is 37.2 Å². The Kier molecular flexibility index (Phi) is 6.00. The van der Waals surface area contributed by atoms with Crippen LogP contribution in [-0.4, -0.2) is 57.2 Å². The highest BCUT2D eigenvalue weighted by molar-refractivity contribution is 7.92. The highest BCUT2D eigenvalue weighted by Gasteiger charge is 2.46. The van der Waals surface area contributed by atoms with Gasteiger partial charge in [0, 0.05) is 56.2 Å². The fraction of sp³-hybridized carbons (Fsp3) is 0.348. The Morgan fingerprint density at radius 2 is 1.79 bits per heavy atom. The summed E-state index contributed by atoms with van der Waals surface area (Å²) in [5.41, 5.74) is -1.49. The number of fused-ring (bicyclic) bond motifs is 1. The lowest BCUT2D eigenvalue weighted by Crippen LogP contribution is -2.28. The summed E-state index contributed by atoms with van der Waals surface area (Å²) >= 11 is 0. The number of aromatic nitrogens is 1. The fourth-order valence-corrected chi connectivity index (χ4v) is 4.95. The van der Waals surface area contributed by atoms with Gasteiger partial charge >= 0.3 is 5.51 Å². The molecule has 10 heteroatoms. The third-order valence-electron chi connectivity index (χ3n) is 5.96. The number of sulfone groups is 1. The Balaban J connectivity index is 1.56. The van der Waals surface area contributed by atoms with Crippen LogP contribution in [0.4, 0.5) is 24.5 Å². The van der Waals surface area contributed by atoms with E-state index in [0.717, 1.165) is 34.3 Å². The van der Waals surface area contributed by atoms with Gasteiger partial charge in [0.15, 0.2) is 0 Å². The van der Waals surface area contributed by atoms with Crippen LogP contribution in [0.1, 0.15) is 12.5 Å². The zero-order valence-electron chi connectivity index (χ0n) is 18.5. The molecule has 0 bridgehead atoms. The number of benzene rings is 2. The van der Waals surface area contributed by atoms with E-state index in [4.69, 9.17) is 0 Å². The number of halogens is 3. The number of pyridine rings is 1.